The largest absolute Gasteiger partial charge is 0.396 e. The third-order valence-electron chi connectivity index (χ3n) is 3.01. The molecule has 0 spiro atoms. The molecule has 7 heteroatoms. The molecule has 0 bridgehead atoms. The average Bonchev–Trinajstić information content (AvgIpc) is 2.47. The Kier molecular flexibility index (Phi) is 11.2. The molecule has 2 atom stereocenters. The minimum atomic E-state index is 0. The number of aliphatic hydroxyl groups is 1. The van der Waals surface area contributed by atoms with Gasteiger partial charge in [-0.3, -0.25) is 4.99 Å². The van der Waals surface area contributed by atoms with Crippen molar-refractivity contribution in [1.82, 2.24) is 10.6 Å². The number of nitrogens with one attached hydrogen (secondary N) is 2. The smallest absolute Gasteiger partial charge is 0.191 e. The standard InChI is InChI=1S/C15H23Cl2N3O.HI/c1-4-18-15(19-8-10(2)9-21)20-11(3)12-5-6-13(16)14(17)7-12;/h5-7,10-11,21H,4,8-9H2,1-3H3,(H2,18,19,20);1H. The number of hydrogen-bond donors (Lipinski definition) is 3. The van der Waals surface area contributed by atoms with Gasteiger partial charge in [0.15, 0.2) is 5.96 Å². The second kappa shape index (κ2) is 11.3. The van der Waals surface area contributed by atoms with Crippen LogP contribution in [0.15, 0.2) is 23.2 Å². The van der Waals surface area contributed by atoms with Crippen LogP contribution in [0, 0.1) is 5.92 Å². The van der Waals surface area contributed by atoms with Gasteiger partial charge in [-0.2, -0.15) is 0 Å². The van der Waals surface area contributed by atoms with Crippen molar-refractivity contribution in [1.29, 1.82) is 0 Å². The van der Waals surface area contributed by atoms with Gasteiger partial charge in [0.25, 0.3) is 0 Å². The van der Waals surface area contributed by atoms with Gasteiger partial charge in [-0.25, -0.2) is 0 Å². The van der Waals surface area contributed by atoms with Crippen molar-refractivity contribution < 1.29 is 5.11 Å². The highest BCUT2D eigenvalue weighted by molar-refractivity contribution is 14.0. The molecule has 1 aromatic carbocycles. The maximum Gasteiger partial charge on any atom is 0.191 e. The van der Waals surface area contributed by atoms with E-state index in [1.807, 2.05) is 32.9 Å². The van der Waals surface area contributed by atoms with Crippen LogP contribution in [-0.2, 0) is 0 Å². The molecule has 0 aromatic heterocycles. The third-order valence-corrected chi connectivity index (χ3v) is 3.75. The molecule has 3 N–H and O–H groups in total. The van der Waals surface area contributed by atoms with Crippen molar-refractivity contribution in [2.75, 3.05) is 19.7 Å². The molecule has 4 nitrogen and oxygen atoms in total. The van der Waals surface area contributed by atoms with Crippen molar-refractivity contribution in [2.45, 2.75) is 26.8 Å². The van der Waals surface area contributed by atoms with E-state index in [1.54, 1.807) is 6.07 Å². The first-order chi connectivity index (χ1) is 9.97. The van der Waals surface area contributed by atoms with E-state index in [0.29, 0.717) is 16.6 Å². The molecule has 126 valence electrons. The number of hydrogen-bond acceptors (Lipinski definition) is 2. The van der Waals surface area contributed by atoms with Gasteiger partial charge in [-0.1, -0.05) is 36.2 Å². The maximum atomic E-state index is 9.06. The number of aliphatic imine (C=N–C) groups is 1. The first kappa shape index (κ1) is 21.8. The molecule has 0 fully saturated rings. The summed E-state index contributed by atoms with van der Waals surface area (Å²) in [5, 5.41) is 16.6. The molecule has 0 amide bonds. The number of guanidine groups is 1. The summed E-state index contributed by atoms with van der Waals surface area (Å²) in [6.45, 7) is 7.46. The lowest BCUT2D eigenvalue weighted by atomic mass is 10.1. The number of rotatable bonds is 6. The Hall–Kier alpha value is -0.240. The van der Waals surface area contributed by atoms with Crippen LogP contribution in [0.1, 0.15) is 32.4 Å². The normalized spacial score (nSPS) is 14.0. The minimum absolute atomic E-state index is 0. The van der Waals surface area contributed by atoms with Gasteiger partial charge in [-0.15, -0.1) is 24.0 Å². The van der Waals surface area contributed by atoms with E-state index in [1.165, 1.54) is 0 Å². The van der Waals surface area contributed by atoms with Crippen LogP contribution < -0.4 is 10.6 Å². The van der Waals surface area contributed by atoms with E-state index in [-0.39, 0.29) is 42.5 Å². The molecule has 0 heterocycles. The Morgan fingerprint density at radius 2 is 1.95 bits per heavy atom. The fourth-order valence-electron chi connectivity index (χ4n) is 1.70. The van der Waals surface area contributed by atoms with E-state index < -0.39 is 0 Å². The molecular formula is C15H24Cl2IN3O. The van der Waals surface area contributed by atoms with Gasteiger partial charge in [-0.05, 0) is 37.5 Å². The van der Waals surface area contributed by atoms with E-state index in [2.05, 4.69) is 15.6 Å². The molecule has 0 aliphatic rings. The van der Waals surface area contributed by atoms with Gasteiger partial charge >= 0.3 is 0 Å². The molecule has 0 saturated carbocycles. The van der Waals surface area contributed by atoms with Crippen molar-refractivity contribution in [3.05, 3.63) is 33.8 Å². The summed E-state index contributed by atoms with van der Waals surface area (Å²) >= 11 is 12.0. The lowest BCUT2D eigenvalue weighted by Gasteiger charge is -2.19. The Morgan fingerprint density at radius 3 is 2.50 bits per heavy atom. The number of halogens is 3. The SMILES string of the molecule is CCNC(=NCC(C)CO)NC(C)c1ccc(Cl)c(Cl)c1.I. The molecule has 1 rings (SSSR count). The van der Waals surface area contributed by atoms with Crippen LogP contribution in [0.2, 0.25) is 10.0 Å². The Bertz CT molecular complexity index is 486. The van der Waals surface area contributed by atoms with Crippen LogP contribution >= 0.6 is 47.2 Å². The van der Waals surface area contributed by atoms with Gasteiger partial charge in [0.05, 0.1) is 16.1 Å². The zero-order valence-corrected chi connectivity index (χ0v) is 16.9. The van der Waals surface area contributed by atoms with Crippen LogP contribution in [0.4, 0.5) is 0 Å². The number of nitrogens with zero attached hydrogens (tertiary/aromatic N) is 1. The minimum Gasteiger partial charge on any atom is -0.396 e. The van der Waals surface area contributed by atoms with E-state index in [0.717, 1.165) is 18.1 Å². The second-order valence-electron chi connectivity index (χ2n) is 5.05. The summed E-state index contributed by atoms with van der Waals surface area (Å²) in [6.07, 6.45) is 0. The predicted molar refractivity (Wildman–Crippen MR) is 106 cm³/mol. The molecule has 0 saturated heterocycles. The lowest BCUT2D eigenvalue weighted by Crippen LogP contribution is -2.39. The number of aliphatic hydroxyl groups excluding tert-OH is 1. The van der Waals surface area contributed by atoms with Gasteiger partial charge < -0.3 is 15.7 Å². The highest BCUT2D eigenvalue weighted by atomic mass is 127. The maximum absolute atomic E-state index is 9.06. The predicted octanol–water partition coefficient (Wildman–Crippen LogP) is 3.86. The van der Waals surface area contributed by atoms with Crippen molar-refractivity contribution >= 4 is 53.1 Å². The van der Waals surface area contributed by atoms with Crippen LogP contribution in [0.5, 0.6) is 0 Å². The summed E-state index contributed by atoms with van der Waals surface area (Å²) in [7, 11) is 0. The van der Waals surface area contributed by atoms with Crippen molar-refractivity contribution in [2.24, 2.45) is 10.9 Å². The topological polar surface area (TPSA) is 56.7 Å². The Morgan fingerprint density at radius 1 is 1.27 bits per heavy atom. The summed E-state index contributed by atoms with van der Waals surface area (Å²) in [4.78, 5) is 4.47. The zero-order chi connectivity index (χ0) is 15.8. The third kappa shape index (κ3) is 7.35. The molecule has 22 heavy (non-hydrogen) atoms. The van der Waals surface area contributed by atoms with E-state index in [9.17, 15) is 0 Å². The van der Waals surface area contributed by atoms with Gasteiger partial charge in [0.1, 0.15) is 0 Å². The summed E-state index contributed by atoms with van der Waals surface area (Å²) in [5.74, 6) is 0.858. The second-order valence-corrected chi connectivity index (χ2v) is 5.86. The molecule has 1 aromatic rings. The molecule has 0 aliphatic carbocycles. The monoisotopic (exact) mass is 459 g/mol. The highest BCUT2D eigenvalue weighted by Gasteiger charge is 2.10. The lowest BCUT2D eigenvalue weighted by molar-refractivity contribution is 0.241. The summed E-state index contributed by atoms with van der Waals surface area (Å²) in [6, 6.07) is 5.62. The first-order valence-corrected chi connectivity index (χ1v) is 7.84. The van der Waals surface area contributed by atoms with Crippen LogP contribution in [0.3, 0.4) is 0 Å². The van der Waals surface area contributed by atoms with Gasteiger partial charge in [0.2, 0.25) is 0 Å². The van der Waals surface area contributed by atoms with Crippen LogP contribution in [-0.4, -0.2) is 30.8 Å². The van der Waals surface area contributed by atoms with Crippen molar-refractivity contribution in [3.63, 3.8) is 0 Å². The Labute approximate surface area is 159 Å². The quantitative estimate of drug-likeness (QED) is 0.344. The molecule has 0 radical (unpaired) electrons. The fourth-order valence-corrected chi connectivity index (χ4v) is 2.00. The van der Waals surface area contributed by atoms with E-state index in [4.69, 9.17) is 28.3 Å². The fraction of sp³-hybridized carbons (Fsp3) is 0.533. The molecule has 2 unspecified atom stereocenters. The molecule has 0 aliphatic heterocycles. The van der Waals surface area contributed by atoms with Crippen LogP contribution in [0.25, 0.3) is 0 Å². The summed E-state index contributed by atoms with van der Waals surface area (Å²) < 4.78 is 0. The molecular weight excluding hydrogens is 436 g/mol. The van der Waals surface area contributed by atoms with Crippen molar-refractivity contribution in [3.8, 4) is 0 Å². The zero-order valence-electron chi connectivity index (χ0n) is 13.1. The van der Waals surface area contributed by atoms with E-state index >= 15 is 0 Å². The average molecular weight is 460 g/mol. The summed E-state index contributed by atoms with van der Waals surface area (Å²) in [5.41, 5.74) is 1.03. The Balaban J connectivity index is 0.00000441. The van der Waals surface area contributed by atoms with Gasteiger partial charge in [0, 0.05) is 19.7 Å². The first-order valence-electron chi connectivity index (χ1n) is 7.08. The highest BCUT2D eigenvalue weighted by Crippen LogP contribution is 2.25. The number of benzene rings is 1.